The number of hydrogen-bond acceptors (Lipinski definition) is 3. The van der Waals surface area contributed by atoms with E-state index < -0.39 is 35.1 Å². The van der Waals surface area contributed by atoms with Gasteiger partial charge in [0.05, 0.1) is 23.7 Å². The molecule has 3 aromatic carbocycles. The smallest absolute Gasteiger partial charge is 0.417 e. The van der Waals surface area contributed by atoms with Crippen LogP contribution in [0.5, 0.6) is 5.75 Å². The summed E-state index contributed by atoms with van der Waals surface area (Å²) in [5.41, 5.74) is 1.13. The molecule has 4 rings (SSSR count). The molecule has 2 atom stereocenters. The fraction of sp³-hybridized carbons (Fsp3) is 0.259. The maximum Gasteiger partial charge on any atom is 0.417 e. The number of carbonyl (C=O) groups excluding carboxylic acids is 1. The van der Waals surface area contributed by atoms with Crippen LogP contribution >= 0.6 is 0 Å². The summed E-state index contributed by atoms with van der Waals surface area (Å²) in [6, 6.07) is 17.8. The Hall–Kier alpha value is -3.81. The first-order valence-corrected chi connectivity index (χ1v) is 11.2. The number of carboxylic acid groups (broad SMARTS) is 1. The molecule has 3 aromatic rings. The molecule has 0 heterocycles. The number of carboxylic acids is 1. The third-order valence-corrected chi connectivity index (χ3v) is 6.09. The van der Waals surface area contributed by atoms with E-state index >= 15 is 0 Å². The first-order chi connectivity index (χ1) is 16.6. The molecule has 35 heavy (non-hydrogen) atoms. The van der Waals surface area contributed by atoms with Crippen molar-refractivity contribution in [2.45, 2.75) is 31.9 Å². The van der Waals surface area contributed by atoms with Crippen LogP contribution in [0.25, 0.3) is 0 Å². The second-order valence-corrected chi connectivity index (χ2v) is 8.60. The third kappa shape index (κ3) is 5.82. The molecule has 0 bridgehead atoms. The zero-order chi connectivity index (χ0) is 25.2. The van der Waals surface area contributed by atoms with Crippen LogP contribution in [0.1, 0.15) is 45.0 Å². The van der Waals surface area contributed by atoms with Gasteiger partial charge in [0.25, 0.3) is 5.91 Å². The molecular weight excluding hydrogens is 459 g/mol. The molecule has 1 amide bonds. The fourth-order valence-electron chi connectivity index (χ4n) is 4.01. The van der Waals surface area contributed by atoms with Gasteiger partial charge < -0.3 is 15.2 Å². The number of anilines is 1. The molecule has 1 fully saturated rings. The summed E-state index contributed by atoms with van der Waals surface area (Å²) in [5, 5.41) is 11.7. The number of rotatable bonds is 8. The van der Waals surface area contributed by atoms with Crippen molar-refractivity contribution in [3.05, 3.63) is 94.5 Å². The lowest BCUT2D eigenvalue weighted by molar-refractivity contribution is -0.139. The Labute approximate surface area is 200 Å². The zero-order valence-corrected chi connectivity index (χ0v) is 18.9. The Morgan fingerprint density at radius 1 is 1.06 bits per heavy atom. The van der Waals surface area contributed by atoms with Gasteiger partial charge in [0.2, 0.25) is 0 Å². The van der Waals surface area contributed by atoms with E-state index in [9.17, 15) is 22.8 Å². The second-order valence-electron chi connectivity index (χ2n) is 8.60. The molecule has 2 N–H and O–H groups in total. The Balaban J connectivity index is 1.50. The molecule has 182 valence electrons. The van der Waals surface area contributed by atoms with Crippen LogP contribution in [-0.4, -0.2) is 23.6 Å². The minimum Gasteiger partial charge on any atom is -0.493 e. The SMILES string of the molecule is Cc1ccc([C@H]2C[C@H]2C(=O)O)cc1NC(=O)c1ccc(OCCc2ccccc2)cc1C(F)(F)F. The molecule has 1 aliphatic carbocycles. The van der Waals surface area contributed by atoms with Crippen LogP contribution in [-0.2, 0) is 17.4 Å². The molecule has 1 aliphatic rings. The van der Waals surface area contributed by atoms with Gasteiger partial charge in [-0.25, -0.2) is 0 Å². The largest absolute Gasteiger partial charge is 0.493 e. The minimum atomic E-state index is -4.76. The highest BCUT2D eigenvalue weighted by molar-refractivity contribution is 6.06. The second kappa shape index (κ2) is 9.82. The number of ether oxygens (including phenoxy) is 1. The summed E-state index contributed by atoms with van der Waals surface area (Å²) in [6.07, 6.45) is -3.73. The van der Waals surface area contributed by atoms with Crippen molar-refractivity contribution in [1.29, 1.82) is 0 Å². The van der Waals surface area contributed by atoms with Gasteiger partial charge in [0.15, 0.2) is 0 Å². The number of aliphatic carboxylic acids is 1. The predicted octanol–water partition coefficient (Wildman–Crippen LogP) is 6.08. The summed E-state index contributed by atoms with van der Waals surface area (Å²) in [4.78, 5) is 24.0. The van der Waals surface area contributed by atoms with E-state index in [-0.39, 0.29) is 18.3 Å². The average Bonchev–Trinajstić information content (AvgIpc) is 3.62. The van der Waals surface area contributed by atoms with Crippen molar-refractivity contribution in [3.8, 4) is 5.75 Å². The molecule has 0 unspecified atom stereocenters. The van der Waals surface area contributed by atoms with E-state index in [1.807, 2.05) is 30.3 Å². The number of benzene rings is 3. The fourth-order valence-corrected chi connectivity index (χ4v) is 4.01. The highest BCUT2D eigenvalue weighted by Crippen LogP contribution is 2.48. The summed E-state index contributed by atoms with van der Waals surface area (Å²) >= 11 is 0. The van der Waals surface area contributed by atoms with Gasteiger partial charge >= 0.3 is 12.1 Å². The van der Waals surface area contributed by atoms with Crippen molar-refractivity contribution < 1.29 is 32.6 Å². The quantitative estimate of drug-likeness (QED) is 0.408. The minimum absolute atomic E-state index is 0.0245. The molecule has 0 aliphatic heterocycles. The van der Waals surface area contributed by atoms with Gasteiger partial charge in [0, 0.05) is 12.1 Å². The van der Waals surface area contributed by atoms with Crippen molar-refractivity contribution in [2.75, 3.05) is 11.9 Å². The van der Waals surface area contributed by atoms with E-state index in [1.54, 1.807) is 25.1 Å². The zero-order valence-electron chi connectivity index (χ0n) is 18.9. The summed E-state index contributed by atoms with van der Waals surface area (Å²) < 4.78 is 46.9. The Morgan fingerprint density at radius 2 is 1.80 bits per heavy atom. The third-order valence-electron chi connectivity index (χ3n) is 6.09. The topological polar surface area (TPSA) is 75.6 Å². The Morgan fingerprint density at radius 3 is 2.46 bits per heavy atom. The monoisotopic (exact) mass is 483 g/mol. The van der Waals surface area contributed by atoms with Crippen LogP contribution in [0.2, 0.25) is 0 Å². The number of halogens is 3. The van der Waals surface area contributed by atoms with Crippen molar-refractivity contribution in [1.82, 2.24) is 0 Å². The van der Waals surface area contributed by atoms with Crippen molar-refractivity contribution >= 4 is 17.6 Å². The number of amides is 1. The molecule has 0 saturated heterocycles. The first-order valence-electron chi connectivity index (χ1n) is 11.2. The molecule has 0 aromatic heterocycles. The average molecular weight is 483 g/mol. The van der Waals surface area contributed by atoms with E-state index in [2.05, 4.69) is 5.32 Å². The lowest BCUT2D eigenvalue weighted by atomic mass is 10.0. The maximum atomic E-state index is 13.8. The number of aryl methyl sites for hydroxylation is 1. The molecule has 0 radical (unpaired) electrons. The Kier molecular flexibility index (Phi) is 6.82. The van der Waals surface area contributed by atoms with Gasteiger partial charge in [-0.2, -0.15) is 13.2 Å². The summed E-state index contributed by atoms with van der Waals surface area (Å²) in [7, 11) is 0. The van der Waals surface area contributed by atoms with Crippen LogP contribution in [0.15, 0.2) is 66.7 Å². The normalized spacial score (nSPS) is 17.0. The molecule has 5 nitrogen and oxygen atoms in total. The van der Waals surface area contributed by atoms with Gasteiger partial charge in [-0.15, -0.1) is 0 Å². The summed E-state index contributed by atoms with van der Waals surface area (Å²) in [5.74, 6) is -2.41. The number of nitrogens with one attached hydrogen (secondary N) is 1. The van der Waals surface area contributed by atoms with Crippen LogP contribution < -0.4 is 10.1 Å². The summed E-state index contributed by atoms with van der Waals surface area (Å²) in [6.45, 7) is 1.91. The number of carbonyl (C=O) groups is 2. The maximum absolute atomic E-state index is 13.8. The first kappa shape index (κ1) is 24.3. The lowest BCUT2D eigenvalue weighted by Gasteiger charge is -2.16. The molecule has 8 heteroatoms. The lowest BCUT2D eigenvalue weighted by Crippen LogP contribution is -2.19. The van der Waals surface area contributed by atoms with Crippen LogP contribution in [0.3, 0.4) is 0 Å². The number of hydrogen-bond donors (Lipinski definition) is 2. The van der Waals surface area contributed by atoms with E-state index in [0.29, 0.717) is 24.1 Å². The highest BCUT2D eigenvalue weighted by atomic mass is 19.4. The van der Waals surface area contributed by atoms with E-state index in [1.165, 1.54) is 6.07 Å². The van der Waals surface area contributed by atoms with Crippen LogP contribution in [0.4, 0.5) is 18.9 Å². The van der Waals surface area contributed by atoms with Crippen molar-refractivity contribution in [3.63, 3.8) is 0 Å². The molecule has 0 spiro atoms. The van der Waals surface area contributed by atoms with E-state index in [0.717, 1.165) is 23.3 Å². The van der Waals surface area contributed by atoms with Gasteiger partial charge in [-0.3, -0.25) is 9.59 Å². The van der Waals surface area contributed by atoms with Gasteiger partial charge in [-0.05, 0) is 60.2 Å². The van der Waals surface area contributed by atoms with E-state index in [4.69, 9.17) is 9.84 Å². The van der Waals surface area contributed by atoms with Crippen molar-refractivity contribution in [2.24, 2.45) is 5.92 Å². The molecular formula is C27H24F3NO4. The van der Waals surface area contributed by atoms with Crippen LogP contribution in [0, 0.1) is 12.8 Å². The number of alkyl halides is 3. The Bertz CT molecular complexity index is 1240. The predicted molar refractivity (Wildman–Crippen MR) is 125 cm³/mol. The van der Waals surface area contributed by atoms with Gasteiger partial charge in [0.1, 0.15) is 5.75 Å². The standard InChI is InChI=1S/C27H24F3NO4/c1-16-7-8-18(21-15-22(21)26(33)34)13-24(16)31-25(32)20-10-9-19(14-23(20)27(28,29)30)35-12-11-17-5-3-2-4-6-17/h2-10,13-14,21-22H,11-12,15H2,1H3,(H,31,32)(H,33,34)/t21-,22-/m1/s1. The molecule has 1 saturated carbocycles. The highest BCUT2D eigenvalue weighted by Gasteiger charge is 2.44. The van der Waals surface area contributed by atoms with Gasteiger partial charge in [-0.1, -0.05) is 42.5 Å².